The minimum absolute atomic E-state index is 0.0568. The zero-order valence-corrected chi connectivity index (χ0v) is 11.6. The fourth-order valence-corrected chi connectivity index (χ4v) is 1.57. The lowest BCUT2D eigenvalue weighted by Crippen LogP contribution is -2.29. The van der Waals surface area contributed by atoms with Crippen molar-refractivity contribution in [1.29, 1.82) is 0 Å². The van der Waals surface area contributed by atoms with Gasteiger partial charge in [0.15, 0.2) is 11.6 Å². The maximum absolute atomic E-state index is 9.25. The third-order valence-corrected chi connectivity index (χ3v) is 2.48. The van der Waals surface area contributed by atoms with E-state index in [0.29, 0.717) is 24.0 Å². The number of rotatable bonds is 9. The van der Waals surface area contributed by atoms with E-state index in [-0.39, 0.29) is 12.6 Å². The maximum Gasteiger partial charge on any atom is 0.204 e. The van der Waals surface area contributed by atoms with Crippen LogP contribution in [0.3, 0.4) is 0 Å². The van der Waals surface area contributed by atoms with Gasteiger partial charge < -0.3 is 25.2 Å². The summed E-state index contributed by atoms with van der Waals surface area (Å²) in [6.07, 6.45) is 2.43. The molecule has 1 aromatic heterocycles. The van der Waals surface area contributed by atoms with Gasteiger partial charge in [0, 0.05) is 13.7 Å². The van der Waals surface area contributed by atoms with Crippen molar-refractivity contribution in [3.05, 3.63) is 6.33 Å². The SMILES string of the molecule is CCCNc1ncnc(NC(CO)COC)c1OC. The summed E-state index contributed by atoms with van der Waals surface area (Å²) in [4.78, 5) is 8.28. The number of methoxy groups -OCH3 is 2. The third-order valence-electron chi connectivity index (χ3n) is 2.48. The molecular formula is C12H22N4O3. The Bertz CT molecular complexity index is 376. The Labute approximate surface area is 113 Å². The van der Waals surface area contributed by atoms with Crippen molar-refractivity contribution >= 4 is 11.6 Å². The van der Waals surface area contributed by atoms with E-state index < -0.39 is 0 Å². The van der Waals surface area contributed by atoms with E-state index >= 15 is 0 Å². The van der Waals surface area contributed by atoms with Crippen LogP contribution < -0.4 is 15.4 Å². The van der Waals surface area contributed by atoms with Crippen molar-refractivity contribution in [2.24, 2.45) is 0 Å². The highest BCUT2D eigenvalue weighted by Crippen LogP contribution is 2.29. The van der Waals surface area contributed by atoms with Gasteiger partial charge in [-0.15, -0.1) is 0 Å². The molecule has 0 fully saturated rings. The summed E-state index contributed by atoms with van der Waals surface area (Å²) in [5.41, 5.74) is 0. The van der Waals surface area contributed by atoms with Crippen molar-refractivity contribution in [2.75, 3.05) is 44.6 Å². The molecule has 0 aliphatic carbocycles. The van der Waals surface area contributed by atoms with Gasteiger partial charge in [0.1, 0.15) is 6.33 Å². The van der Waals surface area contributed by atoms with Crippen LogP contribution in [0.4, 0.5) is 11.6 Å². The van der Waals surface area contributed by atoms with Gasteiger partial charge in [0.25, 0.3) is 0 Å². The van der Waals surface area contributed by atoms with Gasteiger partial charge in [0.2, 0.25) is 5.75 Å². The zero-order valence-electron chi connectivity index (χ0n) is 11.6. The summed E-state index contributed by atoms with van der Waals surface area (Å²) in [6.45, 7) is 3.19. The molecule has 0 bridgehead atoms. The van der Waals surface area contributed by atoms with Gasteiger partial charge in [0.05, 0.1) is 26.4 Å². The average Bonchev–Trinajstić information content (AvgIpc) is 2.44. The van der Waals surface area contributed by atoms with Gasteiger partial charge >= 0.3 is 0 Å². The van der Waals surface area contributed by atoms with Crippen molar-refractivity contribution in [2.45, 2.75) is 19.4 Å². The monoisotopic (exact) mass is 270 g/mol. The summed E-state index contributed by atoms with van der Waals surface area (Å²) >= 11 is 0. The van der Waals surface area contributed by atoms with Crippen LogP contribution in [0.15, 0.2) is 6.33 Å². The number of hydrogen-bond donors (Lipinski definition) is 3. The second-order valence-corrected chi connectivity index (χ2v) is 4.01. The van der Waals surface area contributed by atoms with Crippen molar-refractivity contribution in [1.82, 2.24) is 9.97 Å². The minimum atomic E-state index is -0.243. The normalized spacial score (nSPS) is 12.0. The van der Waals surface area contributed by atoms with Crippen molar-refractivity contribution in [3.63, 3.8) is 0 Å². The third kappa shape index (κ3) is 4.53. The highest BCUT2D eigenvalue weighted by Gasteiger charge is 2.15. The lowest BCUT2D eigenvalue weighted by atomic mass is 10.3. The van der Waals surface area contributed by atoms with E-state index in [4.69, 9.17) is 9.47 Å². The van der Waals surface area contributed by atoms with Crippen LogP contribution in [0.1, 0.15) is 13.3 Å². The minimum Gasteiger partial charge on any atom is -0.490 e. The molecule has 0 aliphatic heterocycles. The standard InChI is InChI=1S/C12H22N4O3/c1-4-5-13-11-10(19-3)12(15-8-14-11)16-9(6-17)7-18-2/h8-9,17H,4-7H2,1-3H3,(H2,13,14,15,16). The predicted molar refractivity (Wildman–Crippen MR) is 73.7 cm³/mol. The number of aliphatic hydroxyl groups is 1. The Morgan fingerprint density at radius 2 is 2.05 bits per heavy atom. The number of nitrogens with zero attached hydrogens (tertiary/aromatic N) is 2. The molecule has 0 aliphatic rings. The molecule has 3 N–H and O–H groups in total. The molecule has 1 unspecified atom stereocenters. The molecule has 1 aromatic rings. The second-order valence-electron chi connectivity index (χ2n) is 4.01. The summed E-state index contributed by atoms with van der Waals surface area (Å²) in [5, 5.41) is 15.5. The average molecular weight is 270 g/mol. The fraction of sp³-hybridized carbons (Fsp3) is 0.667. The first-order chi connectivity index (χ1) is 9.26. The number of ether oxygens (including phenoxy) is 2. The first-order valence-corrected chi connectivity index (χ1v) is 6.25. The number of hydrogen-bond acceptors (Lipinski definition) is 7. The lowest BCUT2D eigenvalue weighted by molar-refractivity contribution is 0.153. The van der Waals surface area contributed by atoms with Crippen molar-refractivity contribution in [3.8, 4) is 5.75 Å². The molecule has 0 aromatic carbocycles. The topological polar surface area (TPSA) is 88.5 Å². The molecular weight excluding hydrogens is 248 g/mol. The maximum atomic E-state index is 9.25. The summed E-state index contributed by atoms with van der Waals surface area (Å²) < 4.78 is 10.3. The van der Waals surface area contributed by atoms with Crippen LogP contribution in [0.25, 0.3) is 0 Å². The molecule has 7 heteroatoms. The molecule has 1 heterocycles. The van der Waals surface area contributed by atoms with Gasteiger partial charge in [-0.25, -0.2) is 9.97 Å². The van der Waals surface area contributed by atoms with Gasteiger partial charge in [-0.2, -0.15) is 0 Å². The Morgan fingerprint density at radius 1 is 1.32 bits per heavy atom. The van der Waals surface area contributed by atoms with Crippen molar-refractivity contribution < 1.29 is 14.6 Å². The van der Waals surface area contributed by atoms with Crippen LogP contribution in [-0.2, 0) is 4.74 Å². The number of aromatic nitrogens is 2. The van der Waals surface area contributed by atoms with Crippen LogP contribution in [-0.4, -0.2) is 55.1 Å². The van der Waals surface area contributed by atoms with Gasteiger partial charge in [-0.05, 0) is 6.42 Å². The zero-order chi connectivity index (χ0) is 14.1. The van der Waals surface area contributed by atoms with Gasteiger partial charge in [-0.3, -0.25) is 0 Å². The second kappa shape index (κ2) is 8.49. The van der Waals surface area contributed by atoms with E-state index in [1.54, 1.807) is 14.2 Å². The molecule has 108 valence electrons. The number of anilines is 2. The Hall–Kier alpha value is -1.60. The van der Waals surface area contributed by atoms with Crippen LogP contribution in [0, 0.1) is 0 Å². The van der Waals surface area contributed by atoms with Crippen LogP contribution in [0.5, 0.6) is 5.75 Å². The van der Waals surface area contributed by atoms with E-state index in [9.17, 15) is 5.11 Å². The summed E-state index contributed by atoms with van der Waals surface area (Å²) in [6, 6.07) is -0.243. The van der Waals surface area contributed by atoms with E-state index in [1.807, 2.05) is 0 Å². The fourth-order valence-electron chi connectivity index (χ4n) is 1.57. The predicted octanol–water partition coefficient (Wildman–Crippen LogP) is 0.726. The Morgan fingerprint density at radius 3 is 2.63 bits per heavy atom. The van der Waals surface area contributed by atoms with E-state index in [2.05, 4.69) is 27.5 Å². The molecule has 0 saturated heterocycles. The Balaban J connectivity index is 2.86. The molecule has 7 nitrogen and oxygen atoms in total. The van der Waals surface area contributed by atoms with Gasteiger partial charge in [-0.1, -0.05) is 6.92 Å². The lowest BCUT2D eigenvalue weighted by Gasteiger charge is -2.19. The largest absolute Gasteiger partial charge is 0.490 e. The molecule has 0 radical (unpaired) electrons. The number of aliphatic hydroxyl groups excluding tert-OH is 1. The quantitative estimate of drug-likeness (QED) is 0.609. The van der Waals surface area contributed by atoms with Crippen LogP contribution in [0.2, 0.25) is 0 Å². The van der Waals surface area contributed by atoms with Crippen LogP contribution >= 0.6 is 0 Å². The highest BCUT2D eigenvalue weighted by molar-refractivity contribution is 5.63. The summed E-state index contributed by atoms with van der Waals surface area (Å²) in [7, 11) is 3.14. The van der Waals surface area contributed by atoms with E-state index in [1.165, 1.54) is 6.33 Å². The first-order valence-electron chi connectivity index (χ1n) is 6.25. The summed E-state index contributed by atoms with van der Waals surface area (Å²) in [5.74, 6) is 1.70. The highest BCUT2D eigenvalue weighted by atomic mass is 16.5. The molecule has 1 rings (SSSR count). The molecule has 1 atom stereocenters. The molecule has 0 spiro atoms. The molecule has 0 amide bonds. The Kier molecular flexibility index (Phi) is 6.91. The molecule has 19 heavy (non-hydrogen) atoms. The first kappa shape index (κ1) is 15.5. The van der Waals surface area contributed by atoms with E-state index in [0.717, 1.165) is 13.0 Å². The molecule has 0 saturated carbocycles. The number of nitrogens with one attached hydrogen (secondary N) is 2. The smallest absolute Gasteiger partial charge is 0.204 e.